The predicted molar refractivity (Wildman–Crippen MR) is 130 cm³/mol. The Hall–Kier alpha value is -1.08. The fourth-order valence-electron chi connectivity index (χ4n) is 6.41. The monoisotopic (exact) mass is 410 g/mol. The summed E-state index contributed by atoms with van der Waals surface area (Å²) >= 11 is 0. The minimum absolute atomic E-state index is 0.175. The quantitative estimate of drug-likeness (QED) is 0.441. The van der Waals surface area contributed by atoms with Crippen LogP contribution in [-0.4, -0.2) is 11.2 Å². The molecule has 3 unspecified atom stereocenters. The normalized spacial score (nSPS) is 37.2. The van der Waals surface area contributed by atoms with Crippen LogP contribution in [0.5, 0.6) is 0 Å². The Balaban J connectivity index is 1.74. The fourth-order valence-corrected chi connectivity index (χ4v) is 6.41. The molecule has 0 amide bonds. The molecule has 3 rings (SSSR count). The number of aliphatic hydroxyl groups is 1. The molecule has 3 aliphatic carbocycles. The van der Waals surface area contributed by atoms with Gasteiger partial charge < -0.3 is 5.11 Å². The number of aliphatic hydroxyl groups excluding tert-OH is 1. The standard InChI is InChI=1S/C29H46O/c1-19(2)20(3)10-11-21(4)27-14-15-28-24(9-8-16-29(27,28)7)12-13-25-18-26(30)17-22(5)23(25)6/h9-13,19-22,26-28,30H,8,14-18H2,1-7H3/b11-10+,13-12-/t20-,21+,22-,26-,27?,28?,29?/m0/s1. The van der Waals surface area contributed by atoms with Crippen molar-refractivity contribution in [2.45, 2.75) is 93.1 Å². The first-order valence-electron chi connectivity index (χ1n) is 12.6. The van der Waals surface area contributed by atoms with Crippen molar-refractivity contribution >= 4 is 0 Å². The molecular weight excluding hydrogens is 364 g/mol. The molecule has 0 saturated heterocycles. The van der Waals surface area contributed by atoms with Gasteiger partial charge in [0.1, 0.15) is 0 Å². The smallest absolute Gasteiger partial charge is 0.0586 e. The van der Waals surface area contributed by atoms with Crippen molar-refractivity contribution in [2.75, 3.05) is 0 Å². The third-order valence-corrected chi connectivity index (χ3v) is 9.08. The first kappa shape index (κ1) is 23.6. The molecule has 0 aliphatic heterocycles. The van der Waals surface area contributed by atoms with E-state index in [1.807, 2.05) is 0 Å². The molecule has 7 atom stereocenters. The molecule has 1 fully saturated rings. The average molecular weight is 411 g/mol. The van der Waals surface area contributed by atoms with Gasteiger partial charge in [-0.05, 0) is 97.5 Å². The molecule has 1 N–H and O–H groups in total. The average Bonchev–Trinajstić information content (AvgIpc) is 3.04. The third-order valence-electron chi connectivity index (χ3n) is 9.08. The van der Waals surface area contributed by atoms with Gasteiger partial charge in [0.05, 0.1) is 6.10 Å². The summed E-state index contributed by atoms with van der Waals surface area (Å²) in [6, 6.07) is 0. The molecule has 0 aromatic rings. The van der Waals surface area contributed by atoms with E-state index < -0.39 is 0 Å². The minimum Gasteiger partial charge on any atom is -0.393 e. The Bertz CT molecular complexity index is 721. The number of fused-ring (bicyclic) bond motifs is 1. The maximum Gasteiger partial charge on any atom is 0.0586 e. The zero-order valence-corrected chi connectivity index (χ0v) is 20.6. The van der Waals surface area contributed by atoms with Crippen LogP contribution in [0.4, 0.5) is 0 Å². The zero-order chi connectivity index (χ0) is 22.1. The Morgan fingerprint density at radius 2 is 1.83 bits per heavy atom. The second-order valence-electron chi connectivity index (χ2n) is 11.4. The van der Waals surface area contributed by atoms with Gasteiger partial charge in [-0.25, -0.2) is 0 Å². The summed E-state index contributed by atoms with van der Waals surface area (Å²) in [6.07, 6.45) is 19.0. The second-order valence-corrected chi connectivity index (χ2v) is 11.4. The topological polar surface area (TPSA) is 20.2 Å². The first-order valence-corrected chi connectivity index (χ1v) is 12.6. The molecule has 3 aliphatic rings. The van der Waals surface area contributed by atoms with E-state index in [1.165, 1.54) is 36.8 Å². The fraction of sp³-hybridized carbons (Fsp3) is 0.724. The van der Waals surface area contributed by atoms with Crippen LogP contribution in [0.1, 0.15) is 87.0 Å². The van der Waals surface area contributed by atoms with Crippen LogP contribution < -0.4 is 0 Å². The van der Waals surface area contributed by atoms with Crippen LogP contribution in [0.15, 0.2) is 47.1 Å². The second kappa shape index (κ2) is 9.60. The molecule has 0 bridgehead atoms. The van der Waals surface area contributed by atoms with Gasteiger partial charge in [0, 0.05) is 0 Å². The Labute approximate surface area is 186 Å². The number of allylic oxidation sites excluding steroid dienone is 7. The molecule has 0 aromatic heterocycles. The van der Waals surface area contributed by atoms with Gasteiger partial charge in [-0.3, -0.25) is 0 Å². The lowest BCUT2D eigenvalue weighted by Gasteiger charge is -2.42. The number of hydrogen-bond donors (Lipinski definition) is 1. The van der Waals surface area contributed by atoms with E-state index in [-0.39, 0.29) is 6.10 Å². The molecule has 0 aromatic carbocycles. The van der Waals surface area contributed by atoms with E-state index in [9.17, 15) is 5.11 Å². The Kier molecular flexibility index (Phi) is 7.54. The summed E-state index contributed by atoms with van der Waals surface area (Å²) in [5.74, 6) is 4.01. The zero-order valence-electron chi connectivity index (χ0n) is 20.6. The van der Waals surface area contributed by atoms with Crippen molar-refractivity contribution in [1.82, 2.24) is 0 Å². The highest BCUT2D eigenvalue weighted by molar-refractivity contribution is 5.37. The van der Waals surface area contributed by atoms with Crippen LogP contribution in [0, 0.1) is 40.9 Å². The van der Waals surface area contributed by atoms with Crippen LogP contribution in [0.2, 0.25) is 0 Å². The highest BCUT2D eigenvalue weighted by Crippen LogP contribution is 2.58. The van der Waals surface area contributed by atoms with Crippen molar-refractivity contribution in [3.63, 3.8) is 0 Å². The number of rotatable bonds is 6. The highest BCUT2D eigenvalue weighted by Gasteiger charge is 2.49. The van der Waals surface area contributed by atoms with Crippen molar-refractivity contribution < 1.29 is 5.11 Å². The molecule has 0 heterocycles. The van der Waals surface area contributed by atoms with E-state index in [0.29, 0.717) is 35.0 Å². The van der Waals surface area contributed by atoms with E-state index in [4.69, 9.17) is 0 Å². The van der Waals surface area contributed by atoms with Crippen molar-refractivity contribution in [1.29, 1.82) is 0 Å². The van der Waals surface area contributed by atoms with Crippen molar-refractivity contribution in [3.05, 3.63) is 47.1 Å². The van der Waals surface area contributed by atoms with Gasteiger partial charge in [0.15, 0.2) is 0 Å². The maximum absolute atomic E-state index is 10.2. The van der Waals surface area contributed by atoms with Crippen molar-refractivity contribution in [2.24, 2.45) is 40.9 Å². The molecule has 0 spiro atoms. The lowest BCUT2D eigenvalue weighted by atomic mass is 9.62. The summed E-state index contributed by atoms with van der Waals surface area (Å²) in [7, 11) is 0. The van der Waals surface area contributed by atoms with Crippen molar-refractivity contribution in [3.8, 4) is 0 Å². The highest BCUT2D eigenvalue weighted by atomic mass is 16.3. The first-order chi connectivity index (χ1) is 14.1. The molecule has 30 heavy (non-hydrogen) atoms. The van der Waals surface area contributed by atoms with Gasteiger partial charge in [-0.1, -0.05) is 77.5 Å². The van der Waals surface area contributed by atoms with Gasteiger partial charge in [-0.2, -0.15) is 0 Å². The van der Waals surface area contributed by atoms with E-state index in [2.05, 4.69) is 78.8 Å². The van der Waals surface area contributed by atoms with Gasteiger partial charge in [0.2, 0.25) is 0 Å². The lowest BCUT2D eigenvalue weighted by molar-refractivity contribution is 0.129. The van der Waals surface area contributed by atoms with E-state index >= 15 is 0 Å². The summed E-state index contributed by atoms with van der Waals surface area (Å²) in [6.45, 7) is 16.5. The van der Waals surface area contributed by atoms with Crippen LogP contribution in [-0.2, 0) is 0 Å². The molecule has 1 saturated carbocycles. The van der Waals surface area contributed by atoms with Gasteiger partial charge in [-0.15, -0.1) is 0 Å². The third kappa shape index (κ3) is 4.87. The number of hydrogen-bond acceptors (Lipinski definition) is 1. The molecule has 1 nitrogen and oxygen atoms in total. The minimum atomic E-state index is -0.175. The predicted octanol–water partition coefficient (Wildman–Crippen LogP) is 7.89. The summed E-state index contributed by atoms with van der Waals surface area (Å²) in [5.41, 5.74) is 4.81. The molecular formula is C29H46O. The largest absolute Gasteiger partial charge is 0.393 e. The molecule has 1 heteroatoms. The van der Waals surface area contributed by atoms with E-state index in [1.54, 1.807) is 5.57 Å². The summed E-state index contributed by atoms with van der Waals surface area (Å²) in [5, 5.41) is 10.2. The summed E-state index contributed by atoms with van der Waals surface area (Å²) < 4.78 is 0. The molecule has 168 valence electrons. The van der Waals surface area contributed by atoms with E-state index in [0.717, 1.165) is 18.8 Å². The summed E-state index contributed by atoms with van der Waals surface area (Å²) in [4.78, 5) is 0. The Morgan fingerprint density at radius 3 is 2.53 bits per heavy atom. The van der Waals surface area contributed by atoms with Crippen LogP contribution in [0.25, 0.3) is 0 Å². The Morgan fingerprint density at radius 1 is 1.10 bits per heavy atom. The molecule has 0 radical (unpaired) electrons. The van der Waals surface area contributed by atoms with Gasteiger partial charge >= 0.3 is 0 Å². The van der Waals surface area contributed by atoms with Crippen LogP contribution >= 0.6 is 0 Å². The lowest BCUT2D eigenvalue weighted by Crippen LogP contribution is -2.34. The maximum atomic E-state index is 10.2. The van der Waals surface area contributed by atoms with Crippen LogP contribution in [0.3, 0.4) is 0 Å². The SMILES string of the molecule is CC1=C(/C=C\C2=CCCC3(C)C2CCC3[C@H](C)/C=C/[C@H](C)C(C)C)C[C@@H](O)C[C@@H]1C. The van der Waals surface area contributed by atoms with Gasteiger partial charge in [0.25, 0.3) is 0 Å².